The van der Waals surface area contributed by atoms with Crippen molar-refractivity contribution in [3.05, 3.63) is 36.0 Å². The minimum atomic E-state index is 0.163. The van der Waals surface area contributed by atoms with E-state index in [0.717, 1.165) is 43.5 Å². The Morgan fingerprint density at radius 2 is 1.89 bits per heavy atom. The van der Waals surface area contributed by atoms with Crippen LogP contribution in [-0.4, -0.2) is 54.5 Å². The molecule has 7 heteroatoms. The zero-order valence-corrected chi connectivity index (χ0v) is 15.5. The lowest BCUT2D eigenvalue weighted by Crippen LogP contribution is -2.36. The van der Waals surface area contributed by atoms with Gasteiger partial charge in [0.25, 0.3) is 0 Å². The first-order valence-corrected chi connectivity index (χ1v) is 9.75. The van der Waals surface area contributed by atoms with Crippen LogP contribution in [0.25, 0.3) is 0 Å². The molecule has 1 aliphatic carbocycles. The van der Waals surface area contributed by atoms with E-state index < -0.39 is 0 Å². The Morgan fingerprint density at radius 1 is 1.11 bits per heavy atom. The van der Waals surface area contributed by atoms with Crippen LogP contribution in [-0.2, 0) is 4.74 Å². The zero-order valence-electron chi connectivity index (χ0n) is 15.5. The molecule has 27 heavy (non-hydrogen) atoms. The first-order valence-electron chi connectivity index (χ1n) is 9.75. The van der Waals surface area contributed by atoms with Gasteiger partial charge in [0, 0.05) is 49.6 Å². The molecule has 1 saturated carbocycles. The quantitative estimate of drug-likeness (QED) is 0.617. The largest absolute Gasteiger partial charge is 0.396 e. The Kier molecular flexibility index (Phi) is 5.69. The van der Waals surface area contributed by atoms with Crippen LogP contribution >= 0.6 is 0 Å². The van der Waals surface area contributed by atoms with Crippen LogP contribution in [0.5, 0.6) is 0 Å². The molecule has 3 N–H and O–H groups in total. The van der Waals surface area contributed by atoms with E-state index in [4.69, 9.17) is 9.84 Å². The second-order valence-electron chi connectivity index (χ2n) is 7.05. The molecule has 4 rings (SSSR count). The van der Waals surface area contributed by atoms with Crippen molar-refractivity contribution in [1.29, 1.82) is 0 Å². The molecule has 0 atom stereocenters. The number of nitrogens with one attached hydrogen (secondary N) is 2. The zero-order chi connectivity index (χ0) is 18.5. The van der Waals surface area contributed by atoms with Gasteiger partial charge in [-0.1, -0.05) is 0 Å². The molecule has 1 aliphatic heterocycles. The second kappa shape index (κ2) is 8.54. The number of nitrogens with zero attached hydrogens (tertiary/aromatic N) is 3. The van der Waals surface area contributed by atoms with E-state index in [1.807, 2.05) is 6.07 Å². The van der Waals surface area contributed by atoms with E-state index in [9.17, 15) is 0 Å². The Morgan fingerprint density at radius 3 is 2.59 bits per heavy atom. The fourth-order valence-corrected chi connectivity index (χ4v) is 3.20. The average Bonchev–Trinajstić information content (AvgIpc) is 3.55. The van der Waals surface area contributed by atoms with Crippen LogP contribution in [0.2, 0.25) is 0 Å². The number of aliphatic hydroxyl groups excluding tert-OH is 1. The minimum absolute atomic E-state index is 0.163. The number of anilines is 4. The van der Waals surface area contributed by atoms with Crippen LogP contribution in [0.4, 0.5) is 23.1 Å². The van der Waals surface area contributed by atoms with Crippen molar-refractivity contribution in [2.75, 3.05) is 55.0 Å². The number of hydrogen-bond donors (Lipinski definition) is 3. The van der Waals surface area contributed by atoms with Crippen molar-refractivity contribution >= 4 is 23.1 Å². The van der Waals surface area contributed by atoms with E-state index in [-0.39, 0.29) is 6.61 Å². The van der Waals surface area contributed by atoms with Gasteiger partial charge in [-0.3, -0.25) is 0 Å². The number of benzene rings is 1. The third-order valence-electron chi connectivity index (χ3n) is 4.88. The summed E-state index contributed by atoms with van der Waals surface area (Å²) in [4.78, 5) is 11.5. The van der Waals surface area contributed by atoms with Crippen LogP contribution in [0.15, 0.2) is 30.3 Å². The normalized spacial score (nSPS) is 17.0. The van der Waals surface area contributed by atoms with Gasteiger partial charge >= 0.3 is 0 Å². The van der Waals surface area contributed by atoms with Gasteiger partial charge in [0.2, 0.25) is 5.95 Å². The third kappa shape index (κ3) is 4.87. The number of ether oxygens (including phenoxy) is 1. The van der Waals surface area contributed by atoms with Gasteiger partial charge in [0.15, 0.2) is 0 Å². The summed E-state index contributed by atoms with van der Waals surface area (Å²) in [7, 11) is 0. The Hall–Kier alpha value is -2.38. The highest BCUT2D eigenvalue weighted by atomic mass is 16.5. The topological polar surface area (TPSA) is 82.5 Å². The monoisotopic (exact) mass is 369 g/mol. The fraction of sp³-hybridized carbons (Fsp3) is 0.500. The SMILES string of the molecule is OCCCNc1nc(Nc2ccc(N3CCOCC3)cc2)cc(C2CC2)n1. The van der Waals surface area contributed by atoms with Gasteiger partial charge in [-0.25, -0.2) is 4.98 Å². The van der Waals surface area contributed by atoms with Gasteiger partial charge in [-0.15, -0.1) is 0 Å². The lowest BCUT2D eigenvalue weighted by Gasteiger charge is -2.28. The molecule has 0 bridgehead atoms. The van der Waals surface area contributed by atoms with Crippen molar-refractivity contribution in [3.8, 4) is 0 Å². The van der Waals surface area contributed by atoms with Crippen molar-refractivity contribution in [1.82, 2.24) is 9.97 Å². The molecule has 2 aromatic rings. The van der Waals surface area contributed by atoms with Crippen LogP contribution in [0, 0.1) is 0 Å². The Balaban J connectivity index is 1.45. The smallest absolute Gasteiger partial charge is 0.224 e. The first kappa shape index (κ1) is 18.0. The highest BCUT2D eigenvalue weighted by molar-refractivity contribution is 5.62. The number of aliphatic hydroxyl groups is 1. The molecule has 1 aromatic heterocycles. The van der Waals surface area contributed by atoms with Gasteiger partial charge in [-0.05, 0) is 43.5 Å². The van der Waals surface area contributed by atoms with Crippen molar-refractivity contribution in [2.24, 2.45) is 0 Å². The summed E-state index contributed by atoms with van der Waals surface area (Å²) in [5.74, 6) is 1.98. The van der Waals surface area contributed by atoms with E-state index in [1.165, 1.54) is 18.5 Å². The van der Waals surface area contributed by atoms with Gasteiger partial charge in [0.05, 0.1) is 18.9 Å². The average molecular weight is 369 g/mol. The molecule has 2 fully saturated rings. The van der Waals surface area contributed by atoms with E-state index >= 15 is 0 Å². The van der Waals surface area contributed by atoms with E-state index in [1.54, 1.807) is 0 Å². The molecule has 0 spiro atoms. The number of aromatic nitrogens is 2. The molecule has 1 aromatic carbocycles. The molecular weight excluding hydrogens is 342 g/mol. The molecule has 0 radical (unpaired) electrons. The summed E-state index contributed by atoms with van der Waals surface area (Å²) in [5.41, 5.74) is 3.31. The molecule has 2 heterocycles. The lowest BCUT2D eigenvalue weighted by atomic mass is 10.2. The summed E-state index contributed by atoms with van der Waals surface area (Å²) >= 11 is 0. The molecule has 7 nitrogen and oxygen atoms in total. The van der Waals surface area contributed by atoms with Gasteiger partial charge in [-0.2, -0.15) is 4.98 Å². The first-order chi connectivity index (χ1) is 13.3. The molecule has 0 amide bonds. The highest BCUT2D eigenvalue weighted by Crippen LogP contribution is 2.40. The highest BCUT2D eigenvalue weighted by Gasteiger charge is 2.26. The predicted molar refractivity (Wildman–Crippen MR) is 107 cm³/mol. The van der Waals surface area contributed by atoms with Gasteiger partial charge in [0.1, 0.15) is 5.82 Å². The molecule has 0 unspecified atom stereocenters. The number of morpholine rings is 1. The molecular formula is C20H27N5O2. The standard InChI is InChI=1S/C20H27N5O2/c26-11-1-8-21-20-23-18(15-2-3-15)14-19(24-20)22-16-4-6-17(7-5-16)25-9-12-27-13-10-25/h4-7,14-15,26H,1-3,8-13H2,(H2,21,22,23,24). The summed E-state index contributed by atoms with van der Waals surface area (Å²) in [6.45, 7) is 4.28. The van der Waals surface area contributed by atoms with Crippen molar-refractivity contribution < 1.29 is 9.84 Å². The third-order valence-corrected chi connectivity index (χ3v) is 4.88. The molecule has 2 aliphatic rings. The Labute approximate surface area is 159 Å². The van der Waals surface area contributed by atoms with E-state index in [0.29, 0.717) is 24.8 Å². The maximum absolute atomic E-state index is 8.96. The molecule has 144 valence electrons. The number of hydrogen-bond acceptors (Lipinski definition) is 7. The van der Waals surface area contributed by atoms with E-state index in [2.05, 4.69) is 49.8 Å². The number of rotatable bonds is 8. The summed E-state index contributed by atoms with van der Waals surface area (Å²) in [6.07, 6.45) is 3.07. The van der Waals surface area contributed by atoms with Crippen LogP contribution in [0.3, 0.4) is 0 Å². The second-order valence-corrected chi connectivity index (χ2v) is 7.05. The maximum atomic E-state index is 8.96. The lowest BCUT2D eigenvalue weighted by molar-refractivity contribution is 0.122. The van der Waals surface area contributed by atoms with Crippen molar-refractivity contribution in [3.63, 3.8) is 0 Å². The molecule has 1 saturated heterocycles. The summed E-state index contributed by atoms with van der Waals surface area (Å²) < 4.78 is 5.42. The van der Waals surface area contributed by atoms with Crippen LogP contribution in [0.1, 0.15) is 30.9 Å². The van der Waals surface area contributed by atoms with Crippen molar-refractivity contribution in [2.45, 2.75) is 25.2 Å². The van der Waals surface area contributed by atoms with Crippen LogP contribution < -0.4 is 15.5 Å². The Bertz CT molecular complexity index is 743. The maximum Gasteiger partial charge on any atom is 0.224 e. The predicted octanol–water partition coefficient (Wildman–Crippen LogP) is 2.73. The minimum Gasteiger partial charge on any atom is -0.396 e. The van der Waals surface area contributed by atoms with Gasteiger partial charge < -0.3 is 25.4 Å². The fourth-order valence-electron chi connectivity index (χ4n) is 3.20. The summed E-state index contributed by atoms with van der Waals surface area (Å²) in [6, 6.07) is 10.5. The summed E-state index contributed by atoms with van der Waals surface area (Å²) in [5, 5.41) is 15.6.